The van der Waals surface area contributed by atoms with E-state index >= 15 is 0 Å². The van der Waals surface area contributed by atoms with Gasteiger partial charge in [-0.25, -0.2) is 0 Å². The third-order valence-corrected chi connectivity index (χ3v) is 6.41. The number of halogens is 2. The minimum atomic E-state index is -0.541. The van der Waals surface area contributed by atoms with Crippen LogP contribution in [-0.2, 0) is 4.74 Å². The molecule has 0 amide bonds. The lowest BCUT2D eigenvalue weighted by molar-refractivity contribution is 0.0791. The van der Waals surface area contributed by atoms with Crippen LogP contribution in [-0.4, -0.2) is 29.6 Å². The molecule has 0 aliphatic carbocycles. The predicted octanol–water partition coefficient (Wildman–Crippen LogP) is 5.83. The number of hydrogen-bond donors (Lipinski definition) is 1. The van der Waals surface area contributed by atoms with Gasteiger partial charge in [-0.3, -0.25) is 4.79 Å². The molecule has 3 aromatic rings. The first-order valence-corrected chi connectivity index (χ1v) is 10.0. The zero-order chi connectivity index (χ0) is 16.6. The molecule has 3 rings (SSSR count). The van der Waals surface area contributed by atoms with Gasteiger partial charge in [-0.15, -0.1) is 23.1 Å². The van der Waals surface area contributed by atoms with E-state index < -0.39 is 5.44 Å². The molecular weight excluding hydrogens is 418 g/mol. The topological polar surface area (TPSA) is 42.1 Å². The third kappa shape index (κ3) is 3.10. The molecule has 1 unspecified atom stereocenters. The molecule has 7 heteroatoms. The maximum atomic E-state index is 12.8. The zero-order valence-corrected chi connectivity index (χ0v) is 16.3. The van der Waals surface area contributed by atoms with Crippen LogP contribution < -0.4 is 0 Å². The lowest BCUT2D eigenvalue weighted by Crippen LogP contribution is -2.20. The van der Waals surface area contributed by atoms with Crippen molar-refractivity contribution in [3.05, 3.63) is 44.8 Å². The molecule has 0 aliphatic heterocycles. The lowest BCUT2D eigenvalue weighted by Gasteiger charge is -2.11. The number of Topliss-reactive ketones (excluding diaryl/α,β-unsaturated/α-hetero) is 1. The van der Waals surface area contributed by atoms with Gasteiger partial charge in [-0.2, -0.15) is 0 Å². The van der Waals surface area contributed by atoms with Crippen LogP contribution in [0.5, 0.6) is 0 Å². The Balaban J connectivity index is 2.28. The number of methoxy groups -OCH3 is 1. The SMILES string of the molecule is COC(SC)C(=O)c1[nH]c2cc(Br)c(Cl)cc2c1-c1cccs1. The molecule has 1 N–H and O–H groups in total. The first-order chi connectivity index (χ1) is 11.1. The summed E-state index contributed by atoms with van der Waals surface area (Å²) in [4.78, 5) is 17.1. The fourth-order valence-electron chi connectivity index (χ4n) is 2.48. The van der Waals surface area contributed by atoms with Crippen molar-refractivity contribution in [2.75, 3.05) is 13.4 Å². The zero-order valence-electron chi connectivity index (χ0n) is 12.4. The number of thiophene rings is 1. The van der Waals surface area contributed by atoms with Gasteiger partial charge in [0.1, 0.15) is 0 Å². The van der Waals surface area contributed by atoms with E-state index in [1.807, 2.05) is 35.9 Å². The van der Waals surface area contributed by atoms with Gasteiger partial charge in [-0.1, -0.05) is 17.7 Å². The summed E-state index contributed by atoms with van der Waals surface area (Å²) in [7, 11) is 1.54. The number of benzene rings is 1. The number of aromatic nitrogens is 1. The van der Waals surface area contributed by atoms with Gasteiger partial charge in [0.25, 0.3) is 0 Å². The molecule has 0 spiro atoms. The number of thioether (sulfide) groups is 1. The van der Waals surface area contributed by atoms with Crippen LogP contribution in [0.2, 0.25) is 5.02 Å². The summed E-state index contributed by atoms with van der Waals surface area (Å²) in [6, 6.07) is 7.74. The second-order valence-electron chi connectivity index (χ2n) is 4.83. The van der Waals surface area contributed by atoms with Gasteiger partial charge in [-0.05, 0) is 45.8 Å². The fourth-order valence-corrected chi connectivity index (χ4v) is 4.30. The average molecular weight is 431 g/mol. The summed E-state index contributed by atoms with van der Waals surface area (Å²) in [6.07, 6.45) is 1.85. The summed E-state index contributed by atoms with van der Waals surface area (Å²) in [5.74, 6) is -0.0770. The highest BCUT2D eigenvalue weighted by atomic mass is 79.9. The number of ketones is 1. The van der Waals surface area contributed by atoms with Crippen molar-refractivity contribution in [3.8, 4) is 10.4 Å². The van der Waals surface area contributed by atoms with Crippen molar-refractivity contribution in [1.82, 2.24) is 4.98 Å². The Morgan fingerprint density at radius 2 is 2.26 bits per heavy atom. The highest BCUT2D eigenvalue weighted by molar-refractivity contribution is 9.10. The molecule has 0 saturated carbocycles. The number of H-pyrrole nitrogens is 1. The molecule has 0 bridgehead atoms. The molecule has 2 aromatic heterocycles. The maximum absolute atomic E-state index is 12.8. The van der Waals surface area contributed by atoms with E-state index in [1.165, 1.54) is 11.8 Å². The maximum Gasteiger partial charge on any atom is 0.218 e. The standard InChI is InChI=1S/C16H13BrClNO2S2/c1-21-16(22-2)15(20)14-13(12-4-3-5-23-12)8-6-10(18)9(17)7-11(8)19-14/h3-7,16,19H,1-2H3. The molecular formula is C16H13BrClNO2S2. The van der Waals surface area contributed by atoms with Gasteiger partial charge in [0.2, 0.25) is 5.78 Å². The van der Waals surface area contributed by atoms with Crippen LogP contribution in [0, 0.1) is 0 Å². The van der Waals surface area contributed by atoms with Crippen LogP contribution in [0.25, 0.3) is 21.3 Å². The van der Waals surface area contributed by atoms with Gasteiger partial charge >= 0.3 is 0 Å². The smallest absolute Gasteiger partial charge is 0.218 e. The van der Waals surface area contributed by atoms with Crippen molar-refractivity contribution in [1.29, 1.82) is 0 Å². The van der Waals surface area contributed by atoms with E-state index in [-0.39, 0.29) is 5.78 Å². The van der Waals surface area contributed by atoms with Crippen LogP contribution in [0.3, 0.4) is 0 Å². The highest BCUT2D eigenvalue weighted by Crippen LogP contribution is 2.39. The Morgan fingerprint density at radius 3 is 2.87 bits per heavy atom. The Morgan fingerprint density at radius 1 is 1.48 bits per heavy atom. The van der Waals surface area contributed by atoms with Crippen molar-refractivity contribution in [3.63, 3.8) is 0 Å². The molecule has 1 aromatic carbocycles. The van der Waals surface area contributed by atoms with E-state index in [9.17, 15) is 4.79 Å². The molecule has 1 atom stereocenters. The van der Waals surface area contributed by atoms with Crippen molar-refractivity contribution in [2.45, 2.75) is 5.44 Å². The van der Waals surface area contributed by atoms with E-state index in [0.717, 1.165) is 25.8 Å². The number of ether oxygens (including phenoxy) is 1. The Labute approximate surface area is 155 Å². The first-order valence-electron chi connectivity index (χ1n) is 6.71. The summed E-state index contributed by atoms with van der Waals surface area (Å²) in [6.45, 7) is 0. The molecule has 0 fully saturated rings. The van der Waals surface area contributed by atoms with E-state index in [1.54, 1.807) is 18.4 Å². The first kappa shape index (κ1) is 17.0. The molecule has 120 valence electrons. The second-order valence-corrected chi connectivity index (χ2v) is 7.94. The van der Waals surface area contributed by atoms with Crippen LogP contribution in [0.15, 0.2) is 34.1 Å². The van der Waals surface area contributed by atoms with Crippen LogP contribution in [0.4, 0.5) is 0 Å². The number of rotatable bonds is 5. The van der Waals surface area contributed by atoms with Gasteiger partial charge in [0.05, 0.1) is 10.7 Å². The summed E-state index contributed by atoms with van der Waals surface area (Å²) >= 11 is 12.6. The molecule has 0 radical (unpaired) electrons. The van der Waals surface area contributed by atoms with Crippen molar-refractivity contribution in [2.24, 2.45) is 0 Å². The minimum absolute atomic E-state index is 0.0770. The van der Waals surface area contributed by atoms with Crippen molar-refractivity contribution >= 4 is 67.3 Å². The molecule has 2 heterocycles. The number of fused-ring (bicyclic) bond motifs is 1. The van der Waals surface area contributed by atoms with E-state index in [0.29, 0.717) is 10.7 Å². The fraction of sp³-hybridized carbons (Fsp3) is 0.188. The Hall–Kier alpha value is -0.790. The summed E-state index contributed by atoms with van der Waals surface area (Å²) in [5, 5.41) is 3.53. The monoisotopic (exact) mass is 429 g/mol. The molecule has 3 nitrogen and oxygen atoms in total. The number of aromatic amines is 1. The van der Waals surface area contributed by atoms with E-state index in [4.69, 9.17) is 16.3 Å². The summed E-state index contributed by atoms with van der Waals surface area (Å²) in [5.41, 5.74) is 1.76. The average Bonchev–Trinajstić information content (AvgIpc) is 3.16. The van der Waals surface area contributed by atoms with Crippen molar-refractivity contribution < 1.29 is 9.53 Å². The predicted molar refractivity (Wildman–Crippen MR) is 103 cm³/mol. The number of carbonyl (C=O) groups is 1. The molecule has 0 aliphatic rings. The van der Waals surface area contributed by atoms with Gasteiger partial charge < -0.3 is 9.72 Å². The van der Waals surface area contributed by atoms with E-state index in [2.05, 4.69) is 20.9 Å². The second kappa shape index (κ2) is 6.99. The molecule has 23 heavy (non-hydrogen) atoms. The number of nitrogens with one attached hydrogen (secondary N) is 1. The van der Waals surface area contributed by atoms with Gasteiger partial charge in [0, 0.05) is 32.9 Å². The Kier molecular flexibility index (Phi) is 5.18. The lowest BCUT2D eigenvalue weighted by atomic mass is 10.1. The Bertz CT molecular complexity index is 857. The minimum Gasteiger partial charge on any atom is -0.362 e. The molecule has 0 saturated heterocycles. The number of carbonyl (C=O) groups excluding carboxylic acids is 1. The summed E-state index contributed by atoms with van der Waals surface area (Å²) < 4.78 is 6.08. The highest BCUT2D eigenvalue weighted by Gasteiger charge is 2.26. The largest absolute Gasteiger partial charge is 0.362 e. The number of hydrogen-bond acceptors (Lipinski definition) is 4. The van der Waals surface area contributed by atoms with Crippen LogP contribution in [0.1, 0.15) is 10.5 Å². The quantitative estimate of drug-likeness (QED) is 0.409. The third-order valence-electron chi connectivity index (χ3n) is 3.50. The van der Waals surface area contributed by atoms with Gasteiger partial charge in [0.15, 0.2) is 5.44 Å². The van der Waals surface area contributed by atoms with Crippen LogP contribution >= 0.6 is 50.6 Å². The normalized spacial score (nSPS) is 12.7.